The van der Waals surface area contributed by atoms with Gasteiger partial charge in [-0.05, 0) is 12.8 Å². The monoisotopic (exact) mass is 167 g/mol. The molecule has 0 unspecified atom stereocenters. The van der Waals surface area contributed by atoms with Crippen molar-refractivity contribution in [2.45, 2.75) is 33.2 Å². The van der Waals surface area contributed by atoms with E-state index in [1.165, 1.54) is 5.69 Å². The Labute approximate surface area is 73.6 Å². The minimum absolute atomic E-state index is 0.495. The van der Waals surface area contributed by atoms with Gasteiger partial charge in [-0.25, -0.2) is 4.98 Å². The molecule has 3 heteroatoms. The van der Waals surface area contributed by atoms with Gasteiger partial charge in [0.05, 0.1) is 5.69 Å². The summed E-state index contributed by atoms with van der Waals surface area (Å²) in [7, 11) is 2.04. The zero-order chi connectivity index (χ0) is 9.30. The summed E-state index contributed by atoms with van der Waals surface area (Å²) < 4.78 is 2.12. The van der Waals surface area contributed by atoms with Gasteiger partial charge in [-0.2, -0.15) is 0 Å². The molecule has 0 saturated heterocycles. The molecule has 3 nitrogen and oxygen atoms in total. The number of imidazole rings is 1. The zero-order valence-corrected chi connectivity index (χ0v) is 8.26. The molecule has 1 aromatic rings. The number of hydrogen-bond acceptors (Lipinski definition) is 2. The number of rotatable bonds is 2. The van der Waals surface area contributed by atoms with Crippen LogP contribution in [0.25, 0.3) is 0 Å². The van der Waals surface area contributed by atoms with Crippen molar-refractivity contribution < 1.29 is 0 Å². The molecule has 0 saturated carbocycles. The van der Waals surface area contributed by atoms with Crippen molar-refractivity contribution in [2.75, 3.05) is 0 Å². The van der Waals surface area contributed by atoms with Crippen LogP contribution >= 0.6 is 0 Å². The van der Waals surface area contributed by atoms with Crippen LogP contribution in [-0.2, 0) is 13.6 Å². The van der Waals surface area contributed by atoms with Crippen molar-refractivity contribution in [3.63, 3.8) is 0 Å². The second-order valence-electron chi connectivity index (χ2n) is 3.41. The van der Waals surface area contributed by atoms with Crippen molar-refractivity contribution in [1.82, 2.24) is 9.55 Å². The molecule has 0 radical (unpaired) electrons. The molecule has 0 aliphatic rings. The van der Waals surface area contributed by atoms with Crippen molar-refractivity contribution in [3.05, 3.63) is 17.2 Å². The highest BCUT2D eigenvalue weighted by Crippen LogP contribution is 2.19. The van der Waals surface area contributed by atoms with Crippen LogP contribution in [0.5, 0.6) is 0 Å². The van der Waals surface area contributed by atoms with E-state index in [1.807, 2.05) is 14.0 Å². The molecule has 0 aliphatic carbocycles. The first-order chi connectivity index (χ1) is 5.57. The Hall–Kier alpha value is -0.830. The van der Waals surface area contributed by atoms with Gasteiger partial charge in [0.2, 0.25) is 0 Å². The Bertz CT molecular complexity index is 274. The summed E-state index contributed by atoms with van der Waals surface area (Å²) in [5, 5.41) is 0. The van der Waals surface area contributed by atoms with Gasteiger partial charge in [-0.3, -0.25) is 0 Å². The molecule has 1 aromatic heterocycles. The fourth-order valence-electron chi connectivity index (χ4n) is 1.57. The van der Waals surface area contributed by atoms with E-state index < -0.39 is 0 Å². The average molecular weight is 167 g/mol. The molecule has 0 aliphatic heterocycles. The fraction of sp³-hybridized carbons (Fsp3) is 0.667. The molecular weight excluding hydrogens is 150 g/mol. The number of aryl methyl sites for hydroxylation is 1. The lowest BCUT2D eigenvalue weighted by Gasteiger charge is -2.08. The summed E-state index contributed by atoms with van der Waals surface area (Å²) in [6.07, 6.45) is 0. The van der Waals surface area contributed by atoms with Crippen LogP contribution in [0.2, 0.25) is 0 Å². The molecule has 2 N–H and O–H groups in total. The highest BCUT2D eigenvalue weighted by Gasteiger charge is 2.13. The van der Waals surface area contributed by atoms with Crippen LogP contribution < -0.4 is 5.73 Å². The minimum atomic E-state index is 0.495. The third-order valence-electron chi connectivity index (χ3n) is 2.18. The summed E-state index contributed by atoms with van der Waals surface area (Å²) in [6.45, 7) is 6.87. The van der Waals surface area contributed by atoms with E-state index in [1.54, 1.807) is 0 Å². The van der Waals surface area contributed by atoms with Crippen LogP contribution in [0.4, 0.5) is 0 Å². The van der Waals surface area contributed by atoms with Crippen molar-refractivity contribution in [2.24, 2.45) is 12.8 Å². The third kappa shape index (κ3) is 1.37. The topological polar surface area (TPSA) is 43.8 Å². The molecule has 0 atom stereocenters. The molecule has 0 aromatic carbocycles. The van der Waals surface area contributed by atoms with Gasteiger partial charge in [-0.1, -0.05) is 13.8 Å². The van der Waals surface area contributed by atoms with Crippen LogP contribution in [0.1, 0.15) is 37.0 Å². The standard InChI is InChI=1S/C9H17N3/c1-6(2)9-8(5-10)11-7(3)12(9)4/h6H,5,10H2,1-4H3. The normalized spacial score (nSPS) is 11.2. The van der Waals surface area contributed by atoms with E-state index >= 15 is 0 Å². The summed E-state index contributed by atoms with van der Waals surface area (Å²) in [5.41, 5.74) is 7.89. The van der Waals surface area contributed by atoms with E-state index in [4.69, 9.17) is 5.73 Å². The molecule has 0 amide bonds. The number of nitrogens with zero attached hydrogens (tertiary/aromatic N) is 2. The lowest BCUT2D eigenvalue weighted by molar-refractivity contribution is 0.714. The Morgan fingerprint density at radius 2 is 2.08 bits per heavy atom. The van der Waals surface area contributed by atoms with Crippen LogP contribution in [-0.4, -0.2) is 9.55 Å². The molecule has 0 fully saturated rings. The van der Waals surface area contributed by atoms with E-state index in [9.17, 15) is 0 Å². The van der Waals surface area contributed by atoms with Crippen LogP contribution in [0.3, 0.4) is 0 Å². The third-order valence-corrected chi connectivity index (χ3v) is 2.18. The van der Waals surface area contributed by atoms with E-state index in [2.05, 4.69) is 23.4 Å². The number of nitrogens with two attached hydrogens (primary N) is 1. The van der Waals surface area contributed by atoms with E-state index in [0.29, 0.717) is 12.5 Å². The highest BCUT2D eigenvalue weighted by atomic mass is 15.1. The van der Waals surface area contributed by atoms with Crippen molar-refractivity contribution >= 4 is 0 Å². The molecule has 0 spiro atoms. The maximum absolute atomic E-state index is 5.59. The van der Waals surface area contributed by atoms with Crippen molar-refractivity contribution in [3.8, 4) is 0 Å². The Kier molecular flexibility index (Phi) is 2.52. The van der Waals surface area contributed by atoms with Crippen molar-refractivity contribution in [1.29, 1.82) is 0 Å². The second-order valence-corrected chi connectivity index (χ2v) is 3.41. The van der Waals surface area contributed by atoms with Gasteiger partial charge >= 0.3 is 0 Å². The van der Waals surface area contributed by atoms with E-state index in [0.717, 1.165) is 11.5 Å². The Morgan fingerprint density at radius 3 is 2.42 bits per heavy atom. The summed E-state index contributed by atoms with van der Waals surface area (Å²) >= 11 is 0. The summed E-state index contributed by atoms with van der Waals surface area (Å²) in [6, 6.07) is 0. The first kappa shape index (κ1) is 9.26. The number of hydrogen-bond donors (Lipinski definition) is 1. The van der Waals surface area contributed by atoms with Gasteiger partial charge in [0.15, 0.2) is 0 Å². The predicted octanol–water partition coefficient (Wildman–Crippen LogP) is 1.31. The fourth-order valence-corrected chi connectivity index (χ4v) is 1.57. The van der Waals surface area contributed by atoms with Gasteiger partial charge in [0, 0.05) is 19.3 Å². The molecule has 12 heavy (non-hydrogen) atoms. The maximum Gasteiger partial charge on any atom is 0.105 e. The minimum Gasteiger partial charge on any atom is -0.335 e. The molecule has 1 rings (SSSR count). The zero-order valence-electron chi connectivity index (χ0n) is 8.26. The first-order valence-corrected chi connectivity index (χ1v) is 4.30. The Balaban J connectivity index is 3.21. The van der Waals surface area contributed by atoms with Gasteiger partial charge in [0.1, 0.15) is 5.82 Å². The predicted molar refractivity (Wildman–Crippen MR) is 49.9 cm³/mol. The average Bonchev–Trinajstić information content (AvgIpc) is 2.28. The SMILES string of the molecule is Cc1nc(CN)c(C(C)C)n1C. The largest absolute Gasteiger partial charge is 0.335 e. The maximum atomic E-state index is 5.59. The van der Waals surface area contributed by atoms with Crippen LogP contribution in [0.15, 0.2) is 0 Å². The summed E-state index contributed by atoms with van der Waals surface area (Å²) in [5.74, 6) is 1.54. The quantitative estimate of drug-likeness (QED) is 0.721. The first-order valence-electron chi connectivity index (χ1n) is 4.30. The molecule has 68 valence electrons. The lowest BCUT2D eigenvalue weighted by atomic mass is 10.1. The van der Waals surface area contributed by atoms with Gasteiger partial charge < -0.3 is 10.3 Å². The molecule has 1 heterocycles. The molecule has 0 bridgehead atoms. The van der Waals surface area contributed by atoms with Crippen LogP contribution in [0, 0.1) is 6.92 Å². The Morgan fingerprint density at radius 1 is 1.50 bits per heavy atom. The summed E-state index contributed by atoms with van der Waals surface area (Å²) in [4.78, 5) is 4.39. The molecular formula is C9H17N3. The highest BCUT2D eigenvalue weighted by molar-refractivity contribution is 5.19. The van der Waals surface area contributed by atoms with E-state index in [-0.39, 0.29) is 0 Å². The van der Waals surface area contributed by atoms with Gasteiger partial charge in [-0.15, -0.1) is 0 Å². The van der Waals surface area contributed by atoms with Gasteiger partial charge in [0.25, 0.3) is 0 Å². The second kappa shape index (κ2) is 3.27. The lowest BCUT2D eigenvalue weighted by Crippen LogP contribution is -2.05. The number of aromatic nitrogens is 2. The smallest absolute Gasteiger partial charge is 0.105 e.